The molecule has 18 heavy (non-hydrogen) atoms. The standard InChI is InChI=1S/C13H21NO4/c1-11(2,3)18-10(17)14-8-6-12(8,4)7-13(14,5)9(15)16/h8H,6-7H2,1-5H3,(H,15,16)/t8-,12-,13+/m1/s1. The van der Waals surface area contributed by atoms with Gasteiger partial charge in [0.1, 0.15) is 11.1 Å². The highest BCUT2D eigenvalue weighted by molar-refractivity contribution is 5.86. The van der Waals surface area contributed by atoms with E-state index >= 15 is 0 Å². The van der Waals surface area contributed by atoms with Gasteiger partial charge in [-0.1, -0.05) is 6.92 Å². The molecule has 2 fully saturated rings. The van der Waals surface area contributed by atoms with Gasteiger partial charge in [0.05, 0.1) is 0 Å². The van der Waals surface area contributed by atoms with Crippen molar-refractivity contribution in [3.8, 4) is 0 Å². The number of amides is 1. The molecule has 0 unspecified atom stereocenters. The van der Waals surface area contributed by atoms with Crippen LogP contribution in [0.1, 0.15) is 47.5 Å². The lowest BCUT2D eigenvalue weighted by atomic mass is 9.91. The van der Waals surface area contributed by atoms with Gasteiger partial charge in [-0.05, 0) is 46.0 Å². The average molecular weight is 255 g/mol. The van der Waals surface area contributed by atoms with Crippen molar-refractivity contribution in [2.24, 2.45) is 5.41 Å². The van der Waals surface area contributed by atoms with E-state index in [1.54, 1.807) is 27.7 Å². The average Bonchev–Trinajstić information content (AvgIpc) is 2.65. The van der Waals surface area contributed by atoms with Crippen LogP contribution in [0, 0.1) is 5.41 Å². The molecule has 1 amide bonds. The van der Waals surface area contributed by atoms with Crippen molar-refractivity contribution in [3.05, 3.63) is 0 Å². The minimum Gasteiger partial charge on any atom is -0.480 e. The number of carboxylic acid groups (broad SMARTS) is 1. The Morgan fingerprint density at radius 1 is 1.33 bits per heavy atom. The molecule has 0 bridgehead atoms. The van der Waals surface area contributed by atoms with Crippen molar-refractivity contribution in [3.63, 3.8) is 0 Å². The zero-order valence-electron chi connectivity index (χ0n) is 11.6. The van der Waals surface area contributed by atoms with Gasteiger partial charge in [0.15, 0.2) is 0 Å². The van der Waals surface area contributed by atoms with Crippen LogP contribution >= 0.6 is 0 Å². The number of ether oxygens (including phenoxy) is 1. The third kappa shape index (κ3) is 1.85. The summed E-state index contributed by atoms with van der Waals surface area (Å²) in [6.07, 6.45) is 0.854. The lowest BCUT2D eigenvalue weighted by molar-refractivity contribution is -0.149. The minimum atomic E-state index is -1.14. The van der Waals surface area contributed by atoms with Crippen molar-refractivity contribution in [2.45, 2.75) is 64.6 Å². The molecule has 5 nitrogen and oxygen atoms in total. The van der Waals surface area contributed by atoms with Crippen molar-refractivity contribution in [1.82, 2.24) is 4.90 Å². The molecule has 3 atom stereocenters. The van der Waals surface area contributed by atoms with Gasteiger partial charge in [-0.2, -0.15) is 0 Å². The number of aliphatic carboxylic acids is 1. The summed E-state index contributed by atoms with van der Waals surface area (Å²) >= 11 is 0. The number of rotatable bonds is 1. The molecule has 1 aliphatic heterocycles. The van der Waals surface area contributed by atoms with Gasteiger partial charge in [-0.25, -0.2) is 9.59 Å². The van der Waals surface area contributed by atoms with E-state index < -0.39 is 23.2 Å². The summed E-state index contributed by atoms with van der Waals surface area (Å²) in [6, 6.07) is 0.00782. The summed E-state index contributed by atoms with van der Waals surface area (Å²) in [5, 5.41) is 9.39. The Labute approximate surface area is 107 Å². The van der Waals surface area contributed by atoms with Crippen molar-refractivity contribution in [1.29, 1.82) is 0 Å². The van der Waals surface area contributed by atoms with Crippen LogP contribution in [0.5, 0.6) is 0 Å². The number of carboxylic acids is 1. The Morgan fingerprint density at radius 3 is 2.33 bits per heavy atom. The van der Waals surface area contributed by atoms with E-state index in [-0.39, 0.29) is 11.5 Å². The fourth-order valence-corrected chi connectivity index (χ4v) is 3.01. The second-order valence-corrected chi connectivity index (χ2v) is 6.98. The summed E-state index contributed by atoms with van der Waals surface area (Å²) < 4.78 is 5.33. The molecule has 0 aromatic heterocycles. The second kappa shape index (κ2) is 3.39. The van der Waals surface area contributed by atoms with Crippen LogP contribution in [0.25, 0.3) is 0 Å². The van der Waals surface area contributed by atoms with Crippen LogP contribution in [0.15, 0.2) is 0 Å². The third-order valence-electron chi connectivity index (χ3n) is 3.95. The number of nitrogens with zero attached hydrogens (tertiary/aromatic N) is 1. The van der Waals surface area contributed by atoms with Gasteiger partial charge in [-0.15, -0.1) is 0 Å². The van der Waals surface area contributed by atoms with Gasteiger partial charge in [-0.3, -0.25) is 4.90 Å². The topological polar surface area (TPSA) is 66.8 Å². The van der Waals surface area contributed by atoms with E-state index in [2.05, 4.69) is 0 Å². The van der Waals surface area contributed by atoms with Crippen molar-refractivity contribution >= 4 is 12.1 Å². The first-order chi connectivity index (χ1) is 8.00. The number of carbonyl (C=O) groups is 2. The van der Waals surface area contributed by atoms with E-state index in [1.807, 2.05) is 6.92 Å². The van der Waals surface area contributed by atoms with Gasteiger partial charge in [0, 0.05) is 6.04 Å². The Kier molecular flexibility index (Phi) is 2.49. The van der Waals surface area contributed by atoms with E-state index in [4.69, 9.17) is 4.74 Å². The number of carbonyl (C=O) groups excluding carboxylic acids is 1. The van der Waals surface area contributed by atoms with Gasteiger partial charge < -0.3 is 9.84 Å². The molecule has 102 valence electrons. The number of hydrogen-bond acceptors (Lipinski definition) is 3. The summed E-state index contributed by atoms with van der Waals surface area (Å²) in [4.78, 5) is 25.1. The molecule has 0 radical (unpaired) electrons. The predicted octanol–water partition coefficient (Wildman–Crippen LogP) is 2.25. The first kappa shape index (κ1) is 13.2. The van der Waals surface area contributed by atoms with Crippen LogP contribution in [0.3, 0.4) is 0 Å². The molecule has 1 saturated carbocycles. The molecule has 5 heteroatoms. The molecule has 0 aromatic rings. The minimum absolute atomic E-state index is 0.00782. The maximum atomic E-state index is 12.2. The molecule has 2 rings (SSSR count). The Hall–Kier alpha value is -1.26. The van der Waals surface area contributed by atoms with Gasteiger partial charge >= 0.3 is 12.1 Å². The maximum Gasteiger partial charge on any atom is 0.411 e. The first-order valence-electron chi connectivity index (χ1n) is 6.25. The van der Waals surface area contributed by atoms with Crippen LogP contribution in [-0.4, -0.2) is 39.3 Å². The normalized spacial score (nSPS) is 38.3. The zero-order chi connectivity index (χ0) is 13.9. The molecule has 2 aliphatic rings. The summed E-state index contributed by atoms with van der Waals surface area (Å²) in [5.74, 6) is -0.957. The van der Waals surface area contributed by atoms with E-state index in [9.17, 15) is 14.7 Å². The second-order valence-electron chi connectivity index (χ2n) is 6.98. The SMILES string of the molecule is CC(C)(C)OC(=O)N1[C@@H]2C[C@]2(C)C[C@@]1(C)C(=O)O. The fraction of sp³-hybridized carbons (Fsp3) is 0.846. The molecule has 0 spiro atoms. The molecular weight excluding hydrogens is 234 g/mol. The Balaban J connectivity index is 2.25. The Bertz CT molecular complexity index is 414. The van der Waals surface area contributed by atoms with Crippen LogP contribution < -0.4 is 0 Å². The number of hydrogen-bond donors (Lipinski definition) is 1. The lowest BCUT2D eigenvalue weighted by Gasteiger charge is -2.35. The van der Waals surface area contributed by atoms with Gasteiger partial charge in [0.2, 0.25) is 0 Å². The fourth-order valence-electron chi connectivity index (χ4n) is 3.01. The summed E-state index contributed by atoms with van der Waals surface area (Å²) in [5.41, 5.74) is -1.80. The molecule has 1 saturated heterocycles. The molecular formula is C13H21NO4. The summed E-state index contributed by atoms with van der Waals surface area (Å²) in [7, 11) is 0. The lowest BCUT2D eigenvalue weighted by Crippen LogP contribution is -2.54. The maximum absolute atomic E-state index is 12.2. The van der Waals surface area contributed by atoms with Crippen LogP contribution in [0.4, 0.5) is 4.79 Å². The van der Waals surface area contributed by atoms with E-state index in [1.165, 1.54) is 4.90 Å². The van der Waals surface area contributed by atoms with Crippen LogP contribution in [-0.2, 0) is 9.53 Å². The molecule has 0 aromatic carbocycles. The molecule has 1 aliphatic carbocycles. The van der Waals surface area contributed by atoms with E-state index in [0.29, 0.717) is 6.42 Å². The number of likely N-dealkylation sites (tertiary alicyclic amines) is 1. The first-order valence-corrected chi connectivity index (χ1v) is 6.25. The van der Waals surface area contributed by atoms with Crippen molar-refractivity contribution < 1.29 is 19.4 Å². The monoisotopic (exact) mass is 255 g/mol. The highest BCUT2D eigenvalue weighted by atomic mass is 16.6. The third-order valence-corrected chi connectivity index (χ3v) is 3.95. The van der Waals surface area contributed by atoms with Crippen molar-refractivity contribution in [2.75, 3.05) is 0 Å². The predicted molar refractivity (Wildman–Crippen MR) is 65.2 cm³/mol. The highest BCUT2D eigenvalue weighted by Crippen LogP contribution is 2.62. The number of piperidine rings is 1. The Morgan fingerprint density at radius 2 is 1.89 bits per heavy atom. The van der Waals surface area contributed by atoms with E-state index in [0.717, 1.165) is 6.42 Å². The summed E-state index contributed by atoms with van der Waals surface area (Å²) in [6.45, 7) is 8.99. The quantitative estimate of drug-likeness (QED) is 0.780. The molecule has 1 heterocycles. The largest absolute Gasteiger partial charge is 0.480 e. The zero-order valence-corrected chi connectivity index (χ0v) is 11.6. The van der Waals surface area contributed by atoms with Crippen LogP contribution in [0.2, 0.25) is 0 Å². The van der Waals surface area contributed by atoms with Gasteiger partial charge in [0.25, 0.3) is 0 Å². The number of fused-ring (bicyclic) bond motifs is 1. The molecule has 1 N–H and O–H groups in total. The highest BCUT2D eigenvalue weighted by Gasteiger charge is 2.70. The smallest absolute Gasteiger partial charge is 0.411 e.